The topological polar surface area (TPSA) is 77.0 Å². The number of nitrogens with zero attached hydrogens (tertiary/aromatic N) is 1. The molecule has 0 aromatic heterocycles. The molecule has 140 valence electrons. The Labute approximate surface area is 158 Å². The number of hydrogen-bond acceptors (Lipinski definition) is 5. The molecule has 0 saturated heterocycles. The largest absolute Gasteiger partial charge is 0.494 e. The van der Waals surface area contributed by atoms with E-state index in [0.29, 0.717) is 28.7 Å². The molecule has 0 saturated carbocycles. The zero-order valence-corrected chi connectivity index (χ0v) is 16.3. The minimum atomic E-state index is -3.76. The van der Waals surface area contributed by atoms with Gasteiger partial charge in [-0.3, -0.25) is 0 Å². The second-order valence-electron chi connectivity index (χ2n) is 5.61. The van der Waals surface area contributed by atoms with Gasteiger partial charge in [-0.2, -0.15) is 13.5 Å². The van der Waals surface area contributed by atoms with E-state index in [4.69, 9.17) is 21.1 Å². The molecule has 0 fully saturated rings. The SMILES string of the molecule is CCOc1ccc(S(=O)(=O)N/N=C/c2ccc(OC(C)C)c(Cl)c2)cc1. The summed E-state index contributed by atoms with van der Waals surface area (Å²) in [7, 11) is -3.76. The fraction of sp³-hybridized carbons (Fsp3) is 0.278. The fourth-order valence-corrected chi connectivity index (χ4v) is 3.08. The Kier molecular flexibility index (Phi) is 6.88. The molecule has 0 unspecified atom stereocenters. The van der Waals surface area contributed by atoms with Gasteiger partial charge in [0, 0.05) is 0 Å². The molecule has 2 aromatic rings. The minimum Gasteiger partial charge on any atom is -0.494 e. The van der Waals surface area contributed by atoms with Crippen molar-refractivity contribution in [2.75, 3.05) is 6.61 Å². The third-order valence-electron chi connectivity index (χ3n) is 3.15. The van der Waals surface area contributed by atoms with Crippen LogP contribution in [0, 0.1) is 0 Å². The van der Waals surface area contributed by atoms with E-state index in [9.17, 15) is 8.42 Å². The van der Waals surface area contributed by atoms with Crippen LogP contribution in [-0.2, 0) is 10.0 Å². The number of halogens is 1. The molecule has 0 amide bonds. The highest BCUT2D eigenvalue weighted by atomic mass is 35.5. The van der Waals surface area contributed by atoms with Crippen molar-refractivity contribution in [2.45, 2.75) is 31.8 Å². The van der Waals surface area contributed by atoms with Gasteiger partial charge in [-0.25, -0.2) is 4.83 Å². The number of ether oxygens (including phenoxy) is 2. The van der Waals surface area contributed by atoms with Crippen LogP contribution in [0.5, 0.6) is 11.5 Å². The highest BCUT2D eigenvalue weighted by Crippen LogP contribution is 2.25. The van der Waals surface area contributed by atoms with Crippen molar-refractivity contribution in [2.24, 2.45) is 5.10 Å². The first-order chi connectivity index (χ1) is 12.3. The molecular formula is C18H21ClN2O4S. The van der Waals surface area contributed by atoms with Crippen LogP contribution in [0.15, 0.2) is 52.5 Å². The Morgan fingerprint density at radius 1 is 1.19 bits per heavy atom. The third kappa shape index (κ3) is 5.64. The molecule has 2 aromatic carbocycles. The average molecular weight is 397 g/mol. The van der Waals surface area contributed by atoms with Crippen LogP contribution < -0.4 is 14.3 Å². The van der Waals surface area contributed by atoms with Gasteiger partial charge < -0.3 is 9.47 Å². The summed E-state index contributed by atoms with van der Waals surface area (Å²) >= 11 is 6.14. The third-order valence-corrected chi connectivity index (χ3v) is 4.68. The molecule has 8 heteroatoms. The first kappa shape index (κ1) is 20.1. The summed E-state index contributed by atoms with van der Waals surface area (Å²) < 4.78 is 35.3. The van der Waals surface area contributed by atoms with Gasteiger partial charge in [0.05, 0.1) is 28.8 Å². The maximum absolute atomic E-state index is 12.2. The van der Waals surface area contributed by atoms with Gasteiger partial charge >= 0.3 is 0 Å². The van der Waals surface area contributed by atoms with Gasteiger partial charge in [0.15, 0.2) is 0 Å². The molecular weight excluding hydrogens is 376 g/mol. The Balaban J connectivity index is 2.05. The van der Waals surface area contributed by atoms with Crippen molar-refractivity contribution in [1.82, 2.24) is 4.83 Å². The average Bonchev–Trinajstić information content (AvgIpc) is 2.58. The van der Waals surface area contributed by atoms with Gasteiger partial charge in [-0.15, -0.1) is 0 Å². The van der Waals surface area contributed by atoms with E-state index in [2.05, 4.69) is 9.93 Å². The van der Waals surface area contributed by atoms with Crippen LogP contribution in [0.4, 0.5) is 0 Å². The normalized spacial score (nSPS) is 11.7. The maximum Gasteiger partial charge on any atom is 0.276 e. The van der Waals surface area contributed by atoms with Gasteiger partial charge in [-0.1, -0.05) is 11.6 Å². The monoisotopic (exact) mass is 396 g/mol. The number of benzene rings is 2. The zero-order chi connectivity index (χ0) is 19.2. The lowest BCUT2D eigenvalue weighted by molar-refractivity contribution is 0.242. The molecule has 0 heterocycles. The van der Waals surface area contributed by atoms with Gasteiger partial charge in [0.1, 0.15) is 11.5 Å². The molecule has 1 N–H and O–H groups in total. The molecule has 2 rings (SSSR count). The lowest BCUT2D eigenvalue weighted by Crippen LogP contribution is -2.18. The van der Waals surface area contributed by atoms with Crippen LogP contribution >= 0.6 is 11.6 Å². The summed E-state index contributed by atoms with van der Waals surface area (Å²) in [5.41, 5.74) is 0.639. The van der Waals surface area contributed by atoms with Crippen LogP contribution in [0.2, 0.25) is 5.02 Å². The second kappa shape index (κ2) is 8.91. The molecule has 26 heavy (non-hydrogen) atoms. The summed E-state index contributed by atoms with van der Waals surface area (Å²) in [6.07, 6.45) is 1.38. The molecule has 0 bridgehead atoms. The summed E-state index contributed by atoms with van der Waals surface area (Å²) in [4.78, 5) is 2.26. The van der Waals surface area contributed by atoms with Crippen molar-refractivity contribution in [3.8, 4) is 11.5 Å². The lowest BCUT2D eigenvalue weighted by Gasteiger charge is -2.11. The quantitative estimate of drug-likeness (QED) is 0.543. The van der Waals surface area contributed by atoms with Crippen molar-refractivity contribution in [3.63, 3.8) is 0 Å². The van der Waals surface area contributed by atoms with E-state index in [1.165, 1.54) is 18.3 Å². The van der Waals surface area contributed by atoms with Gasteiger partial charge in [-0.05, 0) is 68.8 Å². The van der Waals surface area contributed by atoms with E-state index in [-0.39, 0.29) is 11.0 Å². The molecule has 0 aliphatic rings. The molecule has 0 atom stereocenters. The summed E-state index contributed by atoms with van der Waals surface area (Å²) in [6.45, 7) is 6.18. The van der Waals surface area contributed by atoms with Gasteiger partial charge in [0.25, 0.3) is 10.0 Å². The highest BCUT2D eigenvalue weighted by Gasteiger charge is 2.12. The van der Waals surface area contributed by atoms with E-state index in [1.54, 1.807) is 30.3 Å². The standard InChI is InChI=1S/C18H21ClN2O4S/c1-4-24-15-6-8-16(9-7-15)26(22,23)21-20-12-14-5-10-18(17(19)11-14)25-13(2)3/h5-13,21H,4H2,1-3H3/b20-12+. The molecule has 0 aliphatic carbocycles. The van der Waals surface area contributed by atoms with Gasteiger partial charge in [0.2, 0.25) is 0 Å². The first-order valence-corrected chi connectivity index (χ1v) is 9.92. The second-order valence-corrected chi connectivity index (χ2v) is 7.68. The van der Waals surface area contributed by atoms with Crippen LogP contribution in [-0.4, -0.2) is 27.3 Å². The number of hydrazone groups is 1. The lowest BCUT2D eigenvalue weighted by atomic mass is 10.2. The number of nitrogens with one attached hydrogen (secondary N) is 1. The summed E-state index contributed by atoms with van der Waals surface area (Å²) in [6, 6.07) is 11.2. The number of rotatable bonds is 8. The maximum atomic E-state index is 12.2. The van der Waals surface area contributed by atoms with Crippen molar-refractivity contribution in [3.05, 3.63) is 53.1 Å². The van der Waals surface area contributed by atoms with E-state index >= 15 is 0 Å². The predicted octanol–water partition coefficient (Wildman–Crippen LogP) is 3.84. The molecule has 0 spiro atoms. The van der Waals surface area contributed by atoms with E-state index in [0.717, 1.165) is 0 Å². The molecule has 6 nitrogen and oxygen atoms in total. The summed E-state index contributed by atoms with van der Waals surface area (Å²) in [5, 5.41) is 4.21. The molecule has 0 aliphatic heterocycles. The number of sulfonamides is 1. The minimum absolute atomic E-state index is 0.00735. The molecule has 0 radical (unpaired) electrons. The fourth-order valence-electron chi connectivity index (χ4n) is 2.05. The Morgan fingerprint density at radius 2 is 1.88 bits per heavy atom. The number of hydrogen-bond donors (Lipinski definition) is 1. The van der Waals surface area contributed by atoms with Crippen molar-refractivity contribution < 1.29 is 17.9 Å². The Bertz CT molecular complexity index is 865. The Hall–Kier alpha value is -2.25. The highest BCUT2D eigenvalue weighted by molar-refractivity contribution is 7.89. The van der Waals surface area contributed by atoms with E-state index in [1.807, 2.05) is 20.8 Å². The van der Waals surface area contributed by atoms with E-state index < -0.39 is 10.0 Å². The van der Waals surface area contributed by atoms with Crippen LogP contribution in [0.25, 0.3) is 0 Å². The Morgan fingerprint density at radius 3 is 2.46 bits per heavy atom. The van der Waals surface area contributed by atoms with Crippen LogP contribution in [0.1, 0.15) is 26.3 Å². The summed E-state index contributed by atoms with van der Waals surface area (Å²) in [5.74, 6) is 1.17. The van der Waals surface area contributed by atoms with Crippen molar-refractivity contribution in [1.29, 1.82) is 0 Å². The first-order valence-electron chi connectivity index (χ1n) is 8.05. The smallest absolute Gasteiger partial charge is 0.276 e. The van der Waals surface area contributed by atoms with Crippen molar-refractivity contribution >= 4 is 27.8 Å². The zero-order valence-electron chi connectivity index (χ0n) is 14.8. The predicted molar refractivity (Wildman–Crippen MR) is 103 cm³/mol. The van der Waals surface area contributed by atoms with Crippen LogP contribution in [0.3, 0.4) is 0 Å².